The molecule has 0 aromatic heterocycles. The fraction of sp³-hybridized carbons (Fsp3) is 0.278. The van der Waals surface area contributed by atoms with Crippen molar-refractivity contribution >= 4 is 11.7 Å². The second kappa shape index (κ2) is 6.98. The molecular formula is C18H22N2O2. The molecule has 0 atom stereocenters. The number of carbonyl (C=O) groups excluding carboxylic acids is 1. The molecule has 0 spiro atoms. The molecule has 0 aliphatic rings. The minimum atomic E-state index is -0.134. The third-order valence-corrected chi connectivity index (χ3v) is 3.59. The van der Waals surface area contributed by atoms with Crippen molar-refractivity contribution in [2.45, 2.75) is 20.4 Å². The maximum absolute atomic E-state index is 12.2. The van der Waals surface area contributed by atoms with Gasteiger partial charge in [0.25, 0.3) is 0 Å². The number of carbonyl (C=O) groups is 1. The van der Waals surface area contributed by atoms with Crippen molar-refractivity contribution < 1.29 is 9.53 Å². The maximum atomic E-state index is 12.2. The Morgan fingerprint density at radius 2 is 1.82 bits per heavy atom. The molecule has 0 saturated carbocycles. The smallest absolute Gasteiger partial charge is 0.321 e. The normalized spacial score (nSPS) is 10.2. The van der Waals surface area contributed by atoms with Crippen molar-refractivity contribution in [1.82, 2.24) is 4.90 Å². The topological polar surface area (TPSA) is 41.6 Å². The molecule has 4 heteroatoms. The molecular weight excluding hydrogens is 276 g/mol. The fourth-order valence-corrected chi connectivity index (χ4v) is 2.24. The quantitative estimate of drug-likeness (QED) is 0.927. The number of nitrogens with zero attached hydrogens (tertiary/aromatic N) is 1. The number of ether oxygens (including phenoxy) is 1. The van der Waals surface area contributed by atoms with Crippen LogP contribution in [0, 0.1) is 13.8 Å². The number of rotatable bonds is 4. The van der Waals surface area contributed by atoms with Gasteiger partial charge in [-0.25, -0.2) is 4.79 Å². The van der Waals surface area contributed by atoms with Crippen LogP contribution in [0.15, 0.2) is 42.5 Å². The lowest BCUT2D eigenvalue weighted by molar-refractivity contribution is 0.220. The summed E-state index contributed by atoms with van der Waals surface area (Å²) in [6.45, 7) is 4.71. The van der Waals surface area contributed by atoms with E-state index in [1.54, 1.807) is 19.1 Å². The van der Waals surface area contributed by atoms with Crippen LogP contribution in [-0.2, 0) is 6.54 Å². The van der Waals surface area contributed by atoms with Crippen LogP contribution in [0.25, 0.3) is 0 Å². The van der Waals surface area contributed by atoms with E-state index in [2.05, 4.69) is 37.4 Å². The zero-order valence-electron chi connectivity index (χ0n) is 13.5. The monoisotopic (exact) mass is 298 g/mol. The third kappa shape index (κ3) is 4.01. The molecule has 0 bridgehead atoms. The van der Waals surface area contributed by atoms with Gasteiger partial charge in [-0.15, -0.1) is 0 Å². The molecule has 2 rings (SSSR count). The number of urea groups is 1. The molecule has 1 N–H and O–H groups in total. The highest BCUT2D eigenvalue weighted by atomic mass is 16.5. The SMILES string of the molecule is COc1ccc(NC(=O)N(C)Cc2ccc(C)cc2C)cc1. The highest BCUT2D eigenvalue weighted by molar-refractivity contribution is 5.89. The summed E-state index contributed by atoms with van der Waals surface area (Å²) in [5.41, 5.74) is 4.33. The van der Waals surface area contributed by atoms with Gasteiger partial charge in [-0.3, -0.25) is 0 Å². The standard InChI is InChI=1S/C18H22N2O2/c1-13-5-6-15(14(2)11-13)12-20(3)18(21)19-16-7-9-17(22-4)10-8-16/h5-11H,12H2,1-4H3,(H,19,21). The van der Waals surface area contributed by atoms with Gasteiger partial charge in [0, 0.05) is 19.3 Å². The van der Waals surface area contributed by atoms with Crippen molar-refractivity contribution in [3.05, 3.63) is 59.2 Å². The summed E-state index contributed by atoms with van der Waals surface area (Å²) in [6.07, 6.45) is 0. The van der Waals surface area contributed by atoms with Crippen LogP contribution < -0.4 is 10.1 Å². The molecule has 4 nitrogen and oxygen atoms in total. The highest BCUT2D eigenvalue weighted by Crippen LogP contribution is 2.16. The lowest BCUT2D eigenvalue weighted by Gasteiger charge is -2.19. The third-order valence-electron chi connectivity index (χ3n) is 3.59. The van der Waals surface area contributed by atoms with Crippen LogP contribution in [0.2, 0.25) is 0 Å². The zero-order chi connectivity index (χ0) is 16.1. The van der Waals surface area contributed by atoms with E-state index in [1.807, 2.05) is 24.3 Å². The van der Waals surface area contributed by atoms with E-state index in [-0.39, 0.29) is 6.03 Å². The van der Waals surface area contributed by atoms with Crippen LogP contribution in [0.5, 0.6) is 5.75 Å². The number of nitrogens with one attached hydrogen (secondary N) is 1. The first-order chi connectivity index (χ1) is 10.5. The number of methoxy groups -OCH3 is 1. The average Bonchev–Trinajstić information content (AvgIpc) is 2.50. The summed E-state index contributed by atoms with van der Waals surface area (Å²) in [5, 5.41) is 2.88. The first-order valence-electron chi connectivity index (χ1n) is 7.22. The van der Waals surface area contributed by atoms with Gasteiger partial charge in [0.1, 0.15) is 5.75 Å². The van der Waals surface area contributed by atoms with Gasteiger partial charge in [0.2, 0.25) is 0 Å². The van der Waals surface area contributed by atoms with Crippen molar-refractivity contribution in [1.29, 1.82) is 0 Å². The number of amides is 2. The lowest BCUT2D eigenvalue weighted by Crippen LogP contribution is -2.31. The zero-order valence-corrected chi connectivity index (χ0v) is 13.5. The van der Waals surface area contributed by atoms with E-state index in [0.717, 1.165) is 17.0 Å². The van der Waals surface area contributed by atoms with Crippen LogP contribution in [-0.4, -0.2) is 25.1 Å². The molecule has 2 amide bonds. The Labute approximate surface area is 131 Å². The predicted octanol–water partition coefficient (Wildman–Crippen LogP) is 3.98. The van der Waals surface area contributed by atoms with E-state index in [1.165, 1.54) is 11.1 Å². The van der Waals surface area contributed by atoms with Gasteiger partial charge in [0.15, 0.2) is 0 Å². The van der Waals surface area contributed by atoms with E-state index < -0.39 is 0 Å². The fourth-order valence-electron chi connectivity index (χ4n) is 2.24. The number of benzene rings is 2. The van der Waals surface area contributed by atoms with Gasteiger partial charge in [-0.05, 0) is 49.2 Å². The Hall–Kier alpha value is -2.49. The molecule has 22 heavy (non-hydrogen) atoms. The molecule has 0 radical (unpaired) electrons. The largest absolute Gasteiger partial charge is 0.497 e. The predicted molar refractivity (Wildman–Crippen MR) is 89.4 cm³/mol. The number of hydrogen-bond acceptors (Lipinski definition) is 2. The van der Waals surface area contributed by atoms with E-state index in [4.69, 9.17) is 4.74 Å². The van der Waals surface area contributed by atoms with Gasteiger partial charge in [-0.1, -0.05) is 23.8 Å². The minimum Gasteiger partial charge on any atom is -0.497 e. The summed E-state index contributed by atoms with van der Waals surface area (Å²) in [4.78, 5) is 13.9. The summed E-state index contributed by atoms with van der Waals surface area (Å²) < 4.78 is 5.10. The summed E-state index contributed by atoms with van der Waals surface area (Å²) >= 11 is 0. The first-order valence-corrected chi connectivity index (χ1v) is 7.22. The number of anilines is 1. The Morgan fingerprint density at radius 3 is 2.41 bits per heavy atom. The summed E-state index contributed by atoms with van der Waals surface area (Å²) in [7, 11) is 3.41. The van der Waals surface area contributed by atoms with Gasteiger partial charge in [-0.2, -0.15) is 0 Å². The van der Waals surface area contributed by atoms with Gasteiger partial charge in [0.05, 0.1) is 7.11 Å². The molecule has 0 unspecified atom stereocenters. The van der Waals surface area contributed by atoms with Gasteiger partial charge >= 0.3 is 6.03 Å². The number of aryl methyl sites for hydroxylation is 2. The molecule has 116 valence electrons. The molecule has 0 heterocycles. The van der Waals surface area contributed by atoms with E-state index in [0.29, 0.717) is 6.54 Å². The van der Waals surface area contributed by atoms with E-state index in [9.17, 15) is 4.79 Å². The lowest BCUT2D eigenvalue weighted by atomic mass is 10.1. The van der Waals surface area contributed by atoms with Crippen molar-refractivity contribution in [2.75, 3.05) is 19.5 Å². The second-order valence-corrected chi connectivity index (χ2v) is 5.44. The highest BCUT2D eigenvalue weighted by Gasteiger charge is 2.10. The Morgan fingerprint density at radius 1 is 1.14 bits per heavy atom. The van der Waals surface area contributed by atoms with Crippen molar-refractivity contribution in [2.24, 2.45) is 0 Å². The second-order valence-electron chi connectivity index (χ2n) is 5.44. The van der Waals surface area contributed by atoms with Crippen molar-refractivity contribution in [3.63, 3.8) is 0 Å². The van der Waals surface area contributed by atoms with Crippen molar-refractivity contribution in [3.8, 4) is 5.75 Å². The first kappa shape index (κ1) is 15.9. The van der Waals surface area contributed by atoms with Crippen LogP contribution >= 0.6 is 0 Å². The van der Waals surface area contributed by atoms with Crippen LogP contribution in [0.1, 0.15) is 16.7 Å². The maximum Gasteiger partial charge on any atom is 0.321 e. The summed E-state index contributed by atoms with van der Waals surface area (Å²) in [6, 6.07) is 13.4. The van der Waals surface area contributed by atoms with Gasteiger partial charge < -0.3 is 15.0 Å². The molecule has 0 aliphatic heterocycles. The minimum absolute atomic E-state index is 0.134. The Bertz CT molecular complexity index is 651. The Balaban J connectivity index is 1.99. The number of hydrogen-bond donors (Lipinski definition) is 1. The average molecular weight is 298 g/mol. The summed E-state index contributed by atoms with van der Waals surface area (Å²) in [5.74, 6) is 0.765. The van der Waals surface area contributed by atoms with Crippen LogP contribution in [0.3, 0.4) is 0 Å². The molecule has 2 aromatic rings. The molecule has 0 fully saturated rings. The molecule has 0 aliphatic carbocycles. The van der Waals surface area contributed by atoms with E-state index >= 15 is 0 Å². The molecule has 2 aromatic carbocycles. The Kier molecular flexibility index (Phi) is 5.04. The molecule has 0 saturated heterocycles. The van der Waals surface area contributed by atoms with Crippen LogP contribution in [0.4, 0.5) is 10.5 Å².